The lowest BCUT2D eigenvalue weighted by Gasteiger charge is -2.39. The summed E-state index contributed by atoms with van der Waals surface area (Å²) in [4.78, 5) is 24.5. The van der Waals surface area contributed by atoms with Gasteiger partial charge in [-0.05, 0) is 67.2 Å². The number of pyridine rings is 2. The summed E-state index contributed by atoms with van der Waals surface area (Å²) in [5.41, 5.74) is 3.82. The second-order valence-corrected chi connectivity index (χ2v) is 9.49. The van der Waals surface area contributed by atoms with Crippen LogP contribution in [0.4, 0.5) is 0 Å². The average molecular weight is 438 g/mol. The van der Waals surface area contributed by atoms with E-state index in [4.69, 9.17) is 0 Å². The molecule has 6 rings (SSSR count). The van der Waals surface area contributed by atoms with Crippen molar-refractivity contribution in [3.63, 3.8) is 0 Å². The molecule has 0 spiro atoms. The zero-order valence-electron chi connectivity index (χ0n) is 18.8. The van der Waals surface area contributed by atoms with Gasteiger partial charge in [0.2, 0.25) is 0 Å². The van der Waals surface area contributed by atoms with Crippen LogP contribution < -0.4 is 0 Å². The van der Waals surface area contributed by atoms with Gasteiger partial charge in [-0.3, -0.25) is 19.4 Å². The lowest BCUT2D eigenvalue weighted by atomic mass is 9.84. The largest absolute Gasteiger partial charge is 0.333 e. The van der Waals surface area contributed by atoms with Crippen molar-refractivity contribution in [2.75, 3.05) is 0 Å². The molecule has 2 saturated heterocycles. The Hall–Kier alpha value is -3.54. The van der Waals surface area contributed by atoms with Crippen molar-refractivity contribution < 1.29 is 4.79 Å². The van der Waals surface area contributed by atoms with Crippen LogP contribution in [0, 0.1) is 5.92 Å². The Morgan fingerprint density at radius 3 is 2.70 bits per heavy atom. The van der Waals surface area contributed by atoms with E-state index in [0.717, 1.165) is 48.9 Å². The highest BCUT2D eigenvalue weighted by Crippen LogP contribution is 2.41. The van der Waals surface area contributed by atoms with E-state index in [9.17, 15) is 4.79 Å². The maximum atomic E-state index is 13.6. The minimum Gasteiger partial charge on any atom is -0.333 e. The molecule has 2 atom stereocenters. The third-order valence-electron chi connectivity index (χ3n) is 7.36. The van der Waals surface area contributed by atoms with Gasteiger partial charge < -0.3 is 4.90 Å². The number of hydrogen-bond acceptors (Lipinski definition) is 4. The molecule has 6 heteroatoms. The van der Waals surface area contributed by atoms with E-state index >= 15 is 0 Å². The topological polar surface area (TPSA) is 63.9 Å². The number of hydrogen-bond donors (Lipinski definition) is 0. The second kappa shape index (κ2) is 8.10. The highest BCUT2D eigenvalue weighted by atomic mass is 16.2. The minimum absolute atomic E-state index is 0.142. The molecule has 4 aromatic rings. The second-order valence-electron chi connectivity index (χ2n) is 9.49. The number of benzene rings is 1. The molecule has 1 aromatic carbocycles. The molecule has 2 aliphatic rings. The van der Waals surface area contributed by atoms with Gasteiger partial charge in [0, 0.05) is 60.4 Å². The van der Waals surface area contributed by atoms with E-state index in [0.29, 0.717) is 18.0 Å². The van der Waals surface area contributed by atoms with Gasteiger partial charge in [0.25, 0.3) is 5.91 Å². The Bertz CT molecular complexity index is 1310. The minimum atomic E-state index is 0.142. The molecule has 1 amide bonds. The number of carbonyl (C=O) groups excluding carboxylic acids is 1. The first kappa shape index (κ1) is 20.1. The molecule has 0 N–H and O–H groups in total. The Kier molecular flexibility index (Phi) is 4.93. The molecule has 33 heavy (non-hydrogen) atoms. The standard InChI is InChI=1S/C27H27N5O/c1-31-17-22(15-30-31)26-14-21(8-10-29-26)27(33)32-23-5-6-24(32)13-18(12-23)11-20-4-2-3-19-7-9-28-16-25(19)20/h2-4,7-10,14-18,23-24H,5-6,11-13H2,1H3. The maximum absolute atomic E-state index is 13.6. The predicted octanol–water partition coefficient (Wildman–Crippen LogP) is 4.66. The number of aromatic nitrogens is 4. The van der Waals surface area contributed by atoms with Crippen LogP contribution in [0.5, 0.6) is 0 Å². The van der Waals surface area contributed by atoms with Crippen molar-refractivity contribution in [2.45, 2.75) is 44.2 Å². The van der Waals surface area contributed by atoms with Crippen molar-refractivity contribution in [3.05, 3.63) is 78.5 Å². The first-order chi connectivity index (χ1) is 16.2. The monoisotopic (exact) mass is 437 g/mol. The summed E-state index contributed by atoms with van der Waals surface area (Å²) in [7, 11) is 1.88. The predicted molar refractivity (Wildman–Crippen MR) is 128 cm³/mol. The normalized spacial score (nSPS) is 22.1. The van der Waals surface area contributed by atoms with Crippen molar-refractivity contribution in [1.29, 1.82) is 0 Å². The Morgan fingerprint density at radius 2 is 1.91 bits per heavy atom. The summed E-state index contributed by atoms with van der Waals surface area (Å²) in [6.45, 7) is 0. The summed E-state index contributed by atoms with van der Waals surface area (Å²) >= 11 is 0. The number of fused-ring (bicyclic) bond motifs is 3. The quantitative estimate of drug-likeness (QED) is 0.466. The van der Waals surface area contributed by atoms with Gasteiger partial charge in [-0.2, -0.15) is 5.10 Å². The van der Waals surface area contributed by atoms with Gasteiger partial charge in [0.15, 0.2) is 0 Å². The summed E-state index contributed by atoms with van der Waals surface area (Å²) in [5, 5.41) is 6.74. The van der Waals surface area contributed by atoms with Crippen molar-refractivity contribution in [3.8, 4) is 11.3 Å². The van der Waals surface area contributed by atoms with Crippen LogP contribution in [-0.4, -0.2) is 42.6 Å². The van der Waals surface area contributed by atoms with E-state index in [1.54, 1.807) is 17.1 Å². The first-order valence-corrected chi connectivity index (χ1v) is 11.7. The van der Waals surface area contributed by atoms with E-state index < -0.39 is 0 Å². The number of amides is 1. The van der Waals surface area contributed by atoms with Gasteiger partial charge in [-0.25, -0.2) is 0 Å². The molecule has 5 heterocycles. The number of carbonyl (C=O) groups is 1. The molecule has 0 radical (unpaired) electrons. The van der Waals surface area contributed by atoms with Crippen LogP contribution in [0.2, 0.25) is 0 Å². The number of aryl methyl sites for hydroxylation is 1. The number of nitrogens with zero attached hydrogens (tertiary/aromatic N) is 5. The number of piperidine rings is 1. The highest BCUT2D eigenvalue weighted by molar-refractivity contribution is 5.95. The zero-order valence-corrected chi connectivity index (χ0v) is 18.8. The van der Waals surface area contributed by atoms with Crippen molar-refractivity contribution >= 4 is 16.7 Å². The van der Waals surface area contributed by atoms with Gasteiger partial charge in [-0.15, -0.1) is 0 Å². The van der Waals surface area contributed by atoms with Crippen LogP contribution in [-0.2, 0) is 13.5 Å². The van der Waals surface area contributed by atoms with E-state index in [2.05, 4.69) is 44.2 Å². The fraction of sp³-hybridized carbons (Fsp3) is 0.333. The van der Waals surface area contributed by atoms with Gasteiger partial charge in [0.05, 0.1) is 11.9 Å². The molecule has 2 bridgehead atoms. The molecule has 2 fully saturated rings. The molecule has 0 aliphatic carbocycles. The first-order valence-electron chi connectivity index (χ1n) is 11.7. The molecule has 0 saturated carbocycles. The van der Waals surface area contributed by atoms with E-state index in [-0.39, 0.29) is 5.91 Å². The van der Waals surface area contributed by atoms with Crippen LogP contribution in [0.1, 0.15) is 41.6 Å². The van der Waals surface area contributed by atoms with Gasteiger partial charge >= 0.3 is 0 Å². The van der Waals surface area contributed by atoms with Crippen LogP contribution in [0.15, 0.2) is 67.4 Å². The lowest BCUT2D eigenvalue weighted by molar-refractivity contribution is 0.0524. The maximum Gasteiger partial charge on any atom is 0.254 e. The SMILES string of the molecule is Cn1cc(-c2cc(C(=O)N3C4CCC3CC(Cc3cccc5ccncc35)C4)ccn2)cn1. The molecular weight excluding hydrogens is 410 g/mol. The van der Waals surface area contributed by atoms with E-state index in [1.165, 1.54) is 16.3 Å². The third kappa shape index (κ3) is 3.69. The summed E-state index contributed by atoms with van der Waals surface area (Å²) < 4.78 is 1.75. The highest BCUT2D eigenvalue weighted by Gasteiger charge is 2.43. The smallest absolute Gasteiger partial charge is 0.254 e. The Labute approximate surface area is 193 Å². The summed E-state index contributed by atoms with van der Waals surface area (Å²) in [6.07, 6.45) is 14.7. The molecule has 3 aromatic heterocycles. The fourth-order valence-corrected chi connectivity index (χ4v) is 5.88. The molecule has 166 valence electrons. The number of rotatable bonds is 4. The third-order valence-corrected chi connectivity index (χ3v) is 7.36. The summed E-state index contributed by atoms with van der Waals surface area (Å²) in [6, 6.07) is 13.0. The van der Waals surface area contributed by atoms with Crippen LogP contribution >= 0.6 is 0 Å². The fourth-order valence-electron chi connectivity index (χ4n) is 5.88. The molecule has 6 nitrogen and oxygen atoms in total. The lowest BCUT2D eigenvalue weighted by Crippen LogP contribution is -2.46. The van der Waals surface area contributed by atoms with Gasteiger partial charge in [-0.1, -0.05) is 18.2 Å². The van der Waals surface area contributed by atoms with Crippen LogP contribution in [0.25, 0.3) is 22.0 Å². The van der Waals surface area contributed by atoms with E-state index in [1.807, 2.05) is 37.8 Å². The molecule has 2 unspecified atom stereocenters. The van der Waals surface area contributed by atoms with Crippen LogP contribution in [0.3, 0.4) is 0 Å². The van der Waals surface area contributed by atoms with Crippen molar-refractivity contribution in [1.82, 2.24) is 24.6 Å². The van der Waals surface area contributed by atoms with Gasteiger partial charge in [0.1, 0.15) is 0 Å². The molecular formula is C27H27N5O. The van der Waals surface area contributed by atoms with Crippen molar-refractivity contribution in [2.24, 2.45) is 13.0 Å². The average Bonchev–Trinajstić information content (AvgIpc) is 3.39. The Balaban J connectivity index is 1.20. The molecule has 2 aliphatic heterocycles. The Morgan fingerprint density at radius 1 is 1.06 bits per heavy atom. The zero-order chi connectivity index (χ0) is 22.4. The summed E-state index contributed by atoms with van der Waals surface area (Å²) in [5.74, 6) is 0.739.